The van der Waals surface area contributed by atoms with Gasteiger partial charge in [0.05, 0.1) is 16.5 Å². The zero-order valence-corrected chi connectivity index (χ0v) is 29.7. The van der Waals surface area contributed by atoms with Crippen LogP contribution in [0.1, 0.15) is 56.4 Å². The first-order chi connectivity index (χ1) is 24.2. The summed E-state index contributed by atoms with van der Waals surface area (Å²) in [5.74, 6) is 1.77. The minimum Gasteiger partial charge on any atom is -0.371 e. The van der Waals surface area contributed by atoms with Gasteiger partial charge in [-0.05, 0) is 106 Å². The Hall–Kier alpha value is -4.14. The van der Waals surface area contributed by atoms with E-state index in [0.29, 0.717) is 37.3 Å². The van der Waals surface area contributed by atoms with Gasteiger partial charge in [0.1, 0.15) is 11.0 Å². The third-order valence-corrected chi connectivity index (χ3v) is 12.4. The molecule has 0 saturated carbocycles. The van der Waals surface area contributed by atoms with E-state index in [9.17, 15) is 13.8 Å². The largest absolute Gasteiger partial charge is 0.371 e. The number of imide groups is 1. The van der Waals surface area contributed by atoms with Crippen molar-refractivity contribution >= 4 is 58.0 Å². The zero-order chi connectivity index (χ0) is 34.8. The number of carbonyl (C=O) groups is 2. The van der Waals surface area contributed by atoms with Gasteiger partial charge in [-0.3, -0.25) is 19.7 Å². The van der Waals surface area contributed by atoms with E-state index in [1.807, 2.05) is 28.2 Å². The van der Waals surface area contributed by atoms with Crippen molar-refractivity contribution in [3.63, 3.8) is 0 Å². The van der Waals surface area contributed by atoms with Gasteiger partial charge >= 0.3 is 6.03 Å². The Bertz CT molecular complexity index is 1790. The van der Waals surface area contributed by atoms with Gasteiger partial charge in [-0.2, -0.15) is 5.10 Å². The molecule has 1 unspecified atom stereocenters. The lowest BCUT2D eigenvalue weighted by Gasteiger charge is -2.38. The van der Waals surface area contributed by atoms with Crippen LogP contribution in [0.25, 0.3) is 10.9 Å². The molecule has 1 aromatic heterocycles. The molecule has 2 aromatic carbocycles. The molecule has 3 aromatic rings. The molecule has 0 spiro atoms. The Labute approximate surface area is 296 Å². The van der Waals surface area contributed by atoms with E-state index < -0.39 is 17.0 Å². The van der Waals surface area contributed by atoms with E-state index in [-0.39, 0.29) is 24.3 Å². The van der Waals surface area contributed by atoms with Gasteiger partial charge in [0.15, 0.2) is 5.82 Å². The number of urea groups is 1. The van der Waals surface area contributed by atoms with Gasteiger partial charge in [0.2, 0.25) is 11.9 Å². The molecule has 3 N–H and O–H groups in total. The molecular formula is C36H48N10O3S. The summed E-state index contributed by atoms with van der Waals surface area (Å²) >= 11 is 0. The molecule has 5 heterocycles. The first-order valence-electron chi connectivity index (χ1n) is 17.9. The number of fused-ring (bicyclic) bond motifs is 1. The van der Waals surface area contributed by atoms with Crippen LogP contribution >= 0.6 is 0 Å². The Morgan fingerprint density at radius 3 is 2.46 bits per heavy atom. The molecule has 4 saturated heterocycles. The number of anilines is 2. The number of aromatic nitrogens is 2. The molecule has 4 aliphatic rings. The molecule has 7 rings (SSSR count). The first kappa shape index (κ1) is 34.3. The van der Waals surface area contributed by atoms with Gasteiger partial charge in [0, 0.05) is 63.8 Å². The fourth-order valence-corrected chi connectivity index (χ4v) is 9.22. The van der Waals surface area contributed by atoms with Crippen LogP contribution in [0.5, 0.6) is 0 Å². The van der Waals surface area contributed by atoms with Crippen molar-refractivity contribution in [1.29, 1.82) is 0 Å². The number of nitrogens with zero attached hydrogens (tertiary/aromatic N) is 8. The van der Waals surface area contributed by atoms with Crippen LogP contribution < -0.4 is 20.9 Å². The van der Waals surface area contributed by atoms with Crippen LogP contribution in [-0.4, -0.2) is 106 Å². The lowest BCUT2D eigenvalue weighted by Crippen LogP contribution is -2.49. The summed E-state index contributed by atoms with van der Waals surface area (Å²) in [7, 11) is 0.713. The summed E-state index contributed by atoms with van der Waals surface area (Å²) in [6, 6.07) is 14.5. The molecule has 14 heteroatoms. The average Bonchev–Trinajstić information content (AvgIpc) is 3.47. The Kier molecular flexibility index (Phi) is 10.3. The number of carbonyl (C=O) groups excluding carboxylic acids is 2. The number of guanidine groups is 1. The quantitative estimate of drug-likeness (QED) is 0.270. The monoisotopic (exact) mass is 700 g/mol. The molecule has 0 aliphatic carbocycles. The Balaban J connectivity index is 0.882. The highest BCUT2D eigenvalue weighted by atomic mass is 32.2. The fourth-order valence-electron chi connectivity index (χ4n) is 7.97. The molecule has 50 heavy (non-hydrogen) atoms. The number of hydrogen-bond acceptors (Lipinski definition) is 7. The average molecular weight is 701 g/mol. The second-order valence-electron chi connectivity index (χ2n) is 14.0. The maximum atomic E-state index is 13.5. The Morgan fingerprint density at radius 2 is 1.74 bits per heavy atom. The molecule has 13 nitrogen and oxygen atoms in total. The van der Waals surface area contributed by atoms with E-state index >= 15 is 0 Å². The number of aliphatic imine (C=N–C) groups is 2. The zero-order valence-electron chi connectivity index (χ0n) is 28.9. The van der Waals surface area contributed by atoms with Gasteiger partial charge in [-0.1, -0.05) is 12.1 Å². The summed E-state index contributed by atoms with van der Waals surface area (Å²) in [5, 5.41) is 7.98. The Morgan fingerprint density at radius 1 is 0.980 bits per heavy atom. The van der Waals surface area contributed by atoms with E-state index in [1.54, 1.807) is 4.90 Å². The number of amides is 3. The highest BCUT2D eigenvalue weighted by Crippen LogP contribution is 2.34. The summed E-state index contributed by atoms with van der Waals surface area (Å²) in [6.45, 7) is 10.6. The second-order valence-corrected chi connectivity index (χ2v) is 15.5. The number of nitrogens with two attached hydrogens (primary N) is 1. The SMILES string of the molecule is C=NC(N)=NC1CCN(S(=O)c2cccc(N3CCC(CN4CCC(c5ccc6c(N7CCC(=O)NC7=O)nn(C)c6c5)CC4)CC3)c2)CC1. The van der Waals surface area contributed by atoms with E-state index in [0.717, 1.165) is 92.7 Å². The van der Waals surface area contributed by atoms with Crippen molar-refractivity contribution < 1.29 is 13.8 Å². The van der Waals surface area contributed by atoms with Crippen molar-refractivity contribution in [2.24, 2.45) is 28.7 Å². The van der Waals surface area contributed by atoms with Gasteiger partial charge in [-0.15, -0.1) is 0 Å². The number of nitrogens with one attached hydrogen (secondary N) is 1. The van der Waals surface area contributed by atoms with E-state index in [1.165, 1.54) is 5.56 Å². The molecular weight excluding hydrogens is 653 g/mol. The van der Waals surface area contributed by atoms with Crippen molar-refractivity contribution in [2.45, 2.75) is 61.8 Å². The van der Waals surface area contributed by atoms with Gasteiger partial charge < -0.3 is 15.5 Å². The third-order valence-electron chi connectivity index (χ3n) is 10.9. The molecule has 266 valence electrons. The lowest BCUT2D eigenvalue weighted by atomic mass is 9.88. The second kappa shape index (κ2) is 15.0. The minimum atomic E-state index is -1.20. The third kappa shape index (κ3) is 7.47. The highest BCUT2D eigenvalue weighted by Gasteiger charge is 2.30. The molecule has 1 atom stereocenters. The normalized spacial score (nSPS) is 21.9. The molecule has 4 aliphatic heterocycles. The summed E-state index contributed by atoms with van der Waals surface area (Å²) in [4.78, 5) is 39.7. The van der Waals surface area contributed by atoms with Crippen LogP contribution in [0.3, 0.4) is 0 Å². The van der Waals surface area contributed by atoms with Crippen molar-refractivity contribution in [2.75, 3.05) is 62.2 Å². The number of likely N-dealkylation sites (tertiary alicyclic amines) is 1. The predicted octanol–water partition coefficient (Wildman–Crippen LogP) is 3.62. The smallest absolute Gasteiger partial charge is 0.329 e. The molecule has 0 bridgehead atoms. The number of benzene rings is 2. The van der Waals surface area contributed by atoms with E-state index in [2.05, 4.69) is 67.2 Å². The van der Waals surface area contributed by atoms with Crippen molar-refractivity contribution in [3.8, 4) is 0 Å². The van der Waals surface area contributed by atoms with Crippen molar-refractivity contribution in [1.82, 2.24) is 24.3 Å². The topological polar surface area (TPSA) is 145 Å². The maximum absolute atomic E-state index is 13.5. The number of piperidine rings is 3. The first-order valence-corrected chi connectivity index (χ1v) is 19.0. The van der Waals surface area contributed by atoms with Crippen LogP contribution in [0.4, 0.5) is 16.3 Å². The fraction of sp³-hybridized carbons (Fsp3) is 0.528. The molecule has 0 radical (unpaired) electrons. The molecule has 4 fully saturated rings. The van der Waals surface area contributed by atoms with Gasteiger partial charge in [-0.25, -0.2) is 23.3 Å². The van der Waals surface area contributed by atoms with Crippen LogP contribution in [0.15, 0.2) is 57.3 Å². The number of aryl methyl sites for hydroxylation is 1. The summed E-state index contributed by atoms with van der Waals surface area (Å²) in [5.41, 5.74) is 9.21. The van der Waals surface area contributed by atoms with Crippen LogP contribution in [0, 0.1) is 5.92 Å². The predicted molar refractivity (Wildman–Crippen MR) is 198 cm³/mol. The highest BCUT2D eigenvalue weighted by molar-refractivity contribution is 7.82. The number of rotatable bonds is 8. The molecule has 3 amide bonds. The maximum Gasteiger partial charge on any atom is 0.329 e. The summed E-state index contributed by atoms with van der Waals surface area (Å²) in [6.07, 6.45) is 6.46. The standard InChI is InChI=1S/C36H48N10O3S/c1-38-35(37)39-28-12-19-45(20-13-28)50(49)30-5-3-4-29(23-30)44-17-8-25(9-18-44)24-43-15-10-26(11-16-43)27-6-7-31-32(22-27)42(2)41-34(31)46-21-14-33(47)40-36(46)48/h3-7,22-23,25-26,28H,1,8-21,24H2,2H3,(H2,37,39)(H,40,47,48). The number of hydrogen-bond donors (Lipinski definition) is 2. The summed E-state index contributed by atoms with van der Waals surface area (Å²) < 4.78 is 17.3. The van der Waals surface area contributed by atoms with Crippen LogP contribution in [-0.2, 0) is 22.8 Å². The van der Waals surface area contributed by atoms with E-state index in [4.69, 9.17) is 5.73 Å². The van der Waals surface area contributed by atoms with Crippen LogP contribution in [0.2, 0.25) is 0 Å². The van der Waals surface area contributed by atoms with Crippen molar-refractivity contribution in [3.05, 3.63) is 48.0 Å². The lowest BCUT2D eigenvalue weighted by molar-refractivity contribution is -0.120. The minimum absolute atomic E-state index is 0.109. The van der Waals surface area contributed by atoms with Gasteiger partial charge in [0.25, 0.3) is 0 Å².